The lowest BCUT2D eigenvalue weighted by molar-refractivity contribution is -0.118. The first-order valence-corrected chi connectivity index (χ1v) is 11.7. The third-order valence-electron chi connectivity index (χ3n) is 5.82. The number of hydrogen-bond acceptors (Lipinski definition) is 8. The largest absolute Gasteiger partial charge is 0.421 e. The number of amides is 1. The van der Waals surface area contributed by atoms with E-state index in [-0.39, 0.29) is 11.9 Å². The first kappa shape index (κ1) is 23.4. The molecule has 0 bridgehead atoms. The molecule has 5 rings (SSSR count). The number of aromatic nitrogens is 3. The zero-order valence-corrected chi connectivity index (χ0v) is 20.7. The van der Waals surface area contributed by atoms with Crippen molar-refractivity contribution in [3.63, 3.8) is 0 Å². The van der Waals surface area contributed by atoms with E-state index < -0.39 is 6.04 Å². The number of hydrogen-bond donors (Lipinski definition) is 4. The quantitative estimate of drug-likeness (QED) is 0.303. The molecule has 0 aliphatic carbocycles. The summed E-state index contributed by atoms with van der Waals surface area (Å²) in [6, 6.07) is 10.6. The van der Waals surface area contributed by atoms with Gasteiger partial charge < -0.3 is 20.8 Å². The minimum absolute atomic E-state index is 0.222. The highest BCUT2D eigenvalue weighted by molar-refractivity contribution is 6.31. The molecule has 0 saturated heterocycles. The fraction of sp³-hybridized carbons (Fsp3) is 0.200. The Bertz CT molecular complexity index is 1530. The Balaban J connectivity index is 1.47. The average molecular weight is 505 g/mol. The zero-order valence-electron chi connectivity index (χ0n) is 20.0. The van der Waals surface area contributed by atoms with Crippen LogP contribution in [0.5, 0.6) is 0 Å². The molecular weight excluding hydrogens is 480 g/mol. The normalized spacial score (nSPS) is 15.6. The van der Waals surface area contributed by atoms with Crippen LogP contribution in [0.15, 0.2) is 69.5 Å². The van der Waals surface area contributed by atoms with Crippen LogP contribution in [0, 0.1) is 6.92 Å². The number of allylic oxidation sites excluding steroid dienone is 1. The van der Waals surface area contributed by atoms with Gasteiger partial charge in [0.1, 0.15) is 11.6 Å². The Morgan fingerprint density at radius 1 is 1.28 bits per heavy atom. The van der Waals surface area contributed by atoms with Gasteiger partial charge >= 0.3 is 6.01 Å². The maximum atomic E-state index is 13.4. The minimum atomic E-state index is -0.662. The molecule has 10 nitrogen and oxygen atoms in total. The second kappa shape index (κ2) is 9.38. The molecule has 184 valence electrons. The van der Waals surface area contributed by atoms with Crippen molar-refractivity contribution < 1.29 is 9.21 Å². The van der Waals surface area contributed by atoms with E-state index in [1.165, 1.54) is 0 Å². The number of halogens is 1. The number of carbonyl (C=O) groups excluding carboxylic acids is 1. The number of nitrogen functional groups attached to an aromatic ring is 1. The maximum absolute atomic E-state index is 13.4. The second-order valence-corrected chi connectivity index (χ2v) is 9.02. The SMILES string of the molecule is CC1=C(C(=O)NCc2cnn(C)c2)[C@@H](c2ccc(C)cc2Cl)N=C(Nc2nc3cccc(N)c3o2)N1. The second-order valence-electron chi connectivity index (χ2n) is 8.61. The Kier molecular flexibility index (Phi) is 6.11. The highest BCUT2D eigenvalue weighted by Crippen LogP contribution is 2.35. The van der Waals surface area contributed by atoms with Gasteiger partial charge in [-0.05, 0) is 37.6 Å². The Morgan fingerprint density at radius 2 is 2.11 bits per heavy atom. The molecule has 0 unspecified atom stereocenters. The van der Waals surface area contributed by atoms with Crippen molar-refractivity contribution in [3.05, 3.63) is 81.8 Å². The van der Waals surface area contributed by atoms with Gasteiger partial charge in [-0.15, -0.1) is 0 Å². The topological polar surface area (TPSA) is 135 Å². The molecule has 2 aromatic carbocycles. The molecular formula is C25H25ClN8O2. The molecule has 11 heteroatoms. The van der Waals surface area contributed by atoms with Gasteiger partial charge in [0.25, 0.3) is 5.91 Å². The molecule has 0 radical (unpaired) electrons. The Labute approximate surface area is 212 Å². The van der Waals surface area contributed by atoms with Crippen LogP contribution in [0.25, 0.3) is 11.1 Å². The van der Waals surface area contributed by atoms with Gasteiger partial charge in [-0.3, -0.25) is 14.8 Å². The minimum Gasteiger partial charge on any atom is -0.421 e. The first-order chi connectivity index (χ1) is 17.3. The number of fused-ring (bicyclic) bond motifs is 1. The number of para-hydroxylation sites is 1. The van der Waals surface area contributed by atoms with E-state index in [2.05, 4.69) is 26.0 Å². The van der Waals surface area contributed by atoms with E-state index >= 15 is 0 Å². The van der Waals surface area contributed by atoms with Crippen LogP contribution in [0.2, 0.25) is 5.02 Å². The van der Waals surface area contributed by atoms with Crippen LogP contribution in [0.3, 0.4) is 0 Å². The predicted octanol–water partition coefficient (Wildman–Crippen LogP) is 3.81. The smallest absolute Gasteiger partial charge is 0.302 e. The summed E-state index contributed by atoms with van der Waals surface area (Å²) in [7, 11) is 1.83. The zero-order chi connectivity index (χ0) is 25.4. The number of nitrogens with zero attached hydrogens (tertiary/aromatic N) is 4. The molecule has 2 aromatic heterocycles. The lowest BCUT2D eigenvalue weighted by atomic mass is 9.95. The summed E-state index contributed by atoms with van der Waals surface area (Å²) < 4.78 is 7.47. The molecule has 1 aliphatic heterocycles. The summed E-state index contributed by atoms with van der Waals surface area (Å²) in [6.07, 6.45) is 3.56. The van der Waals surface area contributed by atoms with Crippen molar-refractivity contribution in [1.29, 1.82) is 0 Å². The summed E-state index contributed by atoms with van der Waals surface area (Å²) in [5.41, 5.74) is 11.3. The molecule has 0 spiro atoms. The molecule has 1 atom stereocenters. The molecule has 1 aliphatic rings. The fourth-order valence-corrected chi connectivity index (χ4v) is 4.42. The lowest BCUT2D eigenvalue weighted by Gasteiger charge is -2.27. The van der Waals surface area contributed by atoms with E-state index in [4.69, 9.17) is 26.7 Å². The predicted molar refractivity (Wildman–Crippen MR) is 139 cm³/mol. The third kappa shape index (κ3) is 4.63. The van der Waals surface area contributed by atoms with Crippen LogP contribution < -0.4 is 21.7 Å². The van der Waals surface area contributed by atoms with Gasteiger partial charge in [-0.2, -0.15) is 10.1 Å². The maximum Gasteiger partial charge on any atom is 0.302 e. The summed E-state index contributed by atoms with van der Waals surface area (Å²) in [4.78, 5) is 22.6. The Hall–Kier alpha value is -4.31. The number of nitrogens with one attached hydrogen (secondary N) is 3. The van der Waals surface area contributed by atoms with Gasteiger partial charge in [0.05, 0.1) is 17.5 Å². The number of aliphatic imine (C=N–C) groups is 1. The van der Waals surface area contributed by atoms with Crippen LogP contribution in [-0.4, -0.2) is 26.6 Å². The van der Waals surface area contributed by atoms with Crippen molar-refractivity contribution in [3.8, 4) is 0 Å². The van der Waals surface area contributed by atoms with E-state index in [0.717, 1.165) is 11.1 Å². The Morgan fingerprint density at radius 3 is 2.83 bits per heavy atom. The molecule has 4 aromatic rings. The summed E-state index contributed by atoms with van der Waals surface area (Å²) in [5, 5.41) is 13.8. The van der Waals surface area contributed by atoms with Crippen molar-refractivity contribution in [1.82, 2.24) is 25.4 Å². The number of anilines is 2. The number of nitrogens with two attached hydrogens (primary N) is 1. The van der Waals surface area contributed by atoms with E-state index in [9.17, 15) is 4.79 Å². The lowest BCUT2D eigenvalue weighted by Crippen LogP contribution is -2.39. The average Bonchev–Trinajstić information content (AvgIpc) is 3.43. The monoisotopic (exact) mass is 504 g/mol. The number of aryl methyl sites for hydroxylation is 2. The summed E-state index contributed by atoms with van der Waals surface area (Å²) in [5.74, 6) is 0.103. The van der Waals surface area contributed by atoms with Gasteiger partial charge in [0, 0.05) is 41.6 Å². The molecule has 3 heterocycles. The van der Waals surface area contributed by atoms with Gasteiger partial charge in [-0.25, -0.2) is 4.99 Å². The molecule has 1 amide bonds. The molecule has 36 heavy (non-hydrogen) atoms. The first-order valence-electron chi connectivity index (χ1n) is 11.3. The van der Waals surface area contributed by atoms with Crippen molar-refractivity contribution in [2.24, 2.45) is 12.0 Å². The number of carbonyl (C=O) groups is 1. The van der Waals surface area contributed by atoms with Crippen LogP contribution in [-0.2, 0) is 18.4 Å². The van der Waals surface area contributed by atoms with E-state index in [1.54, 1.807) is 29.1 Å². The third-order valence-corrected chi connectivity index (χ3v) is 6.15. The van der Waals surface area contributed by atoms with Crippen molar-refractivity contribution in [2.45, 2.75) is 26.4 Å². The number of oxazole rings is 1. The van der Waals surface area contributed by atoms with Crippen LogP contribution in [0.4, 0.5) is 11.7 Å². The van der Waals surface area contributed by atoms with Crippen molar-refractivity contribution >= 4 is 46.3 Å². The van der Waals surface area contributed by atoms with Gasteiger partial charge in [-0.1, -0.05) is 29.8 Å². The van der Waals surface area contributed by atoms with E-state index in [1.807, 2.05) is 45.3 Å². The van der Waals surface area contributed by atoms with E-state index in [0.29, 0.717) is 51.1 Å². The number of guanidine groups is 1. The molecule has 5 N–H and O–H groups in total. The van der Waals surface area contributed by atoms with Gasteiger partial charge in [0.2, 0.25) is 5.96 Å². The van der Waals surface area contributed by atoms with Crippen molar-refractivity contribution in [2.75, 3.05) is 11.1 Å². The summed E-state index contributed by atoms with van der Waals surface area (Å²) in [6.45, 7) is 4.10. The van der Waals surface area contributed by atoms with Gasteiger partial charge in [0.15, 0.2) is 5.58 Å². The number of benzene rings is 2. The molecule has 0 fully saturated rings. The highest BCUT2D eigenvalue weighted by Gasteiger charge is 2.31. The standard InChI is InChI=1S/C25H25ClN8O2/c1-13-7-8-16(17(26)9-13)21-20(23(35)28-10-15-11-29-34(3)12-15)14(2)30-24(32-21)33-25-31-19-6-4-5-18(27)22(19)36-25/h4-9,11-12,21H,10,27H2,1-3H3,(H,28,35)(H2,30,31,32,33)/t21-/m1/s1. The fourth-order valence-electron chi connectivity index (χ4n) is 4.08. The van der Waals surface area contributed by atoms with Crippen LogP contribution >= 0.6 is 11.6 Å². The molecule has 0 saturated carbocycles. The highest BCUT2D eigenvalue weighted by atomic mass is 35.5. The van der Waals surface area contributed by atoms with Crippen LogP contribution in [0.1, 0.15) is 29.7 Å². The summed E-state index contributed by atoms with van der Waals surface area (Å²) >= 11 is 6.61. The number of rotatable bonds is 5.